The van der Waals surface area contributed by atoms with Crippen LogP contribution in [0.3, 0.4) is 0 Å². The maximum Gasteiger partial charge on any atom is 0.254 e. The van der Waals surface area contributed by atoms with Crippen molar-refractivity contribution in [3.05, 3.63) is 40.8 Å². The molecule has 1 fully saturated rings. The number of amides is 1. The first-order chi connectivity index (χ1) is 10.1. The Morgan fingerprint density at radius 3 is 3.10 bits per heavy atom. The number of nitrogens with one attached hydrogen (secondary N) is 1. The average Bonchev–Trinajstić information content (AvgIpc) is 2.97. The molecule has 1 aromatic heterocycles. The predicted octanol–water partition coefficient (Wildman–Crippen LogP) is 2.94. The summed E-state index contributed by atoms with van der Waals surface area (Å²) in [5, 5.41) is 3.53. The van der Waals surface area contributed by atoms with E-state index < -0.39 is 0 Å². The third kappa shape index (κ3) is 3.14. The Morgan fingerprint density at radius 1 is 1.48 bits per heavy atom. The standard InChI is InChI=1S/C15H14ClFN2O2/c16-14-12(15(20)18-8-11-2-1-5-21-11)6-9-3-4-10(17)7-13(9)19-14/h3-4,6-7,11H,1-2,5,8H2,(H,18,20). The number of pyridine rings is 1. The summed E-state index contributed by atoms with van der Waals surface area (Å²) in [5.74, 6) is -0.684. The van der Waals surface area contributed by atoms with Crippen molar-refractivity contribution in [2.75, 3.05) is 13.2 Å². The second-order valence-electron chi connectivity index (χ2n) is 5.01. The minimum absolute atomic E-state index is 0.0650. The van der Waals surface area contributed by atoms with Gasteiger partial charge < -0.3 is 10.1 Å². The van der Waals surface area contributed by atoms with Crippen LogP contribution in [0, 0.1) is 5.82 Å². The third-order valence-electron chi connectivity index (χ3n) is 3.49. The lowest BCUT2D eigenvalue weighted by Gasteiger charge is -2.11. The van der Waals surface area contributed by atoms with Crippen molar-refractivity contribution < 1.29 is 13.9 Å². The van der Waals surface area contributed by atoms with Gasteiger partial charge in [-0.3, -0.25) is 4.79 Å². The van der Waals surface area contributed by atoms with E-state index in [0.29, 0.717) is 17.4 Å². The maximum absolute atomic E-state index is 13.1. The van der Waals surface area contributed by atoms with Gasteiger partial charge in [0.25, 0.3) is 5.91 Å². The van der Waals surface area contributed by atoms with Crippen molar-refractivity contribution in [2.24, 2.45) is 0 Å². The van der Waals surface area contributed by atoms with E-state index in [4.69, 9.17) is 16.3 Å². The van der Waals surface area contributed by atoms with E-state index in [0.717, 1.165) is 19.4 Å². The lowest BCUT2D eigenvalue weighted by molar-refractivity contribution is 0.0858. The first-order valence-electron chi connectivity index (χ1n) is 6.79. The summed E-state index contributed by atoms with van der Waals surface area (Å²) in [5.41, 5.74) is 0.712. The van der Waals surface area contributed by atoms with Gasteiger partial charge in [-0.15, -0.1) is 0 Å². The molecule has 0 aliphatic carbocycles. The fourth-order valence-electron chi connectivity index (χ4n) is 2.38. The zero-order valence-electron chi connectivity index (χ0n) is 11.2. The number of nitrogens with zero attached hydrogens (tertiary/aromatic N) is 1. The summed E-state index contributed by atoms with van der Waals surface area (Å²) < 4.78 is 18.6. The molecule has 110 valence electrons. The largest absolute Gasteiger partial charge is 0.376 e. The number of halogens is 2. The number of benzene rings is 1. The third-order valence-corrected chi connectivity index (χ3v) is 3.78. The molecule has 1 aliphatic heterocycles. The molecular formula is C15H14ClFN2O2. The molecule has 1 amide bonds. The summed E-state index contributed by atoms with van der Waals surface area (Å²) in [6, 6.07) is 5.81. The van der Waals surface area contributed by atoms with E-state index in [1.807, 2.05) is 0 Å². The molecule has 4 nitrogen and oxygen atoms in total. The molecule has 0 bridgehead atoms. The van der Waals surface area contributed by atoms with E-state index in [2.05, 4.69) is 10.3 Å². The number of hydrogen-bond acceptors (Lipinski definition) is 3. The van der Waals surface area contributed by atoms with Crippen LogP contribution in [0.1, 0.15) is 23.2 Å². The van der Waals surface area contributed by atoms with Gasteiger partial charge in [-0.05, 0) is 31.0 Å². The monoisotopic (exact) mass is 308 g/mol. The molecule has 2 aromatic rings. The molecule has 1 saturated heterocycles. The number of carbonyl (C=O) groups is 1. The van der Waals surface area contributed by atoms with Crippen LogP contribution in [-0.4, -0.2) is 30.1 Å². The Labute approximate surface area is 126 Å². The van der Waals surface area contributed by atoms with Crippen molar-refractivity contribution in [1.29, 1.82) is 0 Å². The topological polar surface area (TPSA) is 51.2 Å². The van der Waals surface area contributed by atoms with Crippen LogP contribution in [0.4, 0.5) is 4.39 Å². The first-order valence-corrected chi connectivity index (χ1v) is 7.17. The molecule has 1 aliphatic rings. The molecule has 1 unspecified atom stereocenters. The summed E-state index contributed by atoms with van der Waals surface area (Å²) in [4.78, 5) is 16.2. The summed E-state index contributed by atoms with van der Waals surface area (Å²) >= 11 is 6.02. The van der Waals surface area contributed by atoms with Gasteiger partial charge in [0.1, 0.15) is 11.0 Å². The fourth-order valence-corrected chi connectivity index (χ4v) is 2.61. The number of fused-ring (bicyclic) bond motifs is 1. The quantitative estimate of drug-likeness (QED) is 0.887. The highest BCUT2D eigenvalue weighted by atomic mass is 35.5. The number of aromatic nitrogens is 1. The molecule has 2 heterocycles. The first kappa shape index (κ1) is 14.2. The minimum atomic E-state index is -0.387. The van der Waals surface area contributed by atoms with Crippen LogP contribution in [0.25, 0.3) is 10.9 Å². The van der Waals surface area contributed by atoms with Gasteiger partial charge in [-0.25, -0.2) is 9.37 Å². The van der Waals surface area contributed by atoms with Crippen molar-refractivity contribution in [2.45, 2.75) is 18.9 Å². The van der Waals surface area contributed by atoms with Crippen LogP contribution < -0.4 is 5.32 Å². The summed E-state index contributed by atoms with van der Waals surface area (Å²) in [7, 11) is 0. The van der Waals surface area contributed by atoms with Gasteiger partial charge in [0, 0.05) is 24.6 Å². The van der Waals surface area contributed by atoms with Crippen LogP contribution in [-0.2, 0) is 4.74 Å². The van der Waals surface area contributed by atoms with E-state index in [1.165, 1.54) is 12.1 Å². The highest BCUT2D eigenvalue weighted by molar-refractivity contribution is 6.33. The van der Waals surface area contributed by atoms with E-state index >= 15 is 0 Å². The van der Waals surface area contributed by atoms with Crippen LogP contribution in [0.5, 0.6) is 0 Å². The number of rotatable bonds is 3. The van der Waals surface area contributed by atoms with Crippen LogP contribution >= 0.6 is 11.6 Å². The zero-order valence-corrected chi connectivity index (χ0v) is 12.0. The molecule has 0 saturated carbocycles. The highest BCUT2D eigenvalue weighted by Crippen LogP contribution is 2.21. The maximum atomic E-state index is 13.1. The van der Waals surface area contributed by atoms with Gasteiger partial charge in [0.05, 0.1) is 17.2 Å². The van der Waals surface area contributed by atoms with Gasteiger partial charge >= 0.3 is 0 Å². The molecule has 3 rings (SSSR count). The van der Waals surface area contributed by atoms with Crippen molar-refractivity contribution in [1.82, 2.24) is 10.3 Å². The summed E-state index contributed by atoms with van der Waals surface area (Å²) in [6.07, 6.45) is 2.03. The van der Waals surface area contributed by atoms with Gasteiger partial charge in [0.2, 0.25) is 0 Å². The second kappa shape index (κ2) is 5.95. The van der Waals surface area contributed by atoms with Crippen molar-refractivity contribution in [3.8, 4) is 0 Å². The molecular weight excluding hydrogens is 295 g/mol. The smallest absolute Gasteiger partial charge is 0.254 e. The molecule has 1 atom stereocenters. The normalized spacial score (nSPS) is 18.1. The second-order valence-corrected chi connectivity index (χ2v) is 5.37. The Bertz CT molecular complexity index is 687. The highest BCUT2D eigenvalue weighted by Gasteiger charge is 2.18. The van der Waals surface area contributed by atoms with Gasteiger partial charge in [-0.1, -0.05) is 11.6 Å². The SMILES string of the molecule is O=C(NCC1CCCO1)c1cc2ccc(F)cc2nc1Cl. The summed E-state index contributed by atoms with van der Waals surface area (Å²) in [6.45, 7) is 1.20. The number of hydrogen-bond donors (Lipinski definition) is 1. The van der Waals surface area contributed by atoms with Crippen molar-refractivity contribution >= 4 is 28.4 Å². The molecule has 21 heavy (non-hydrogen) atoms. The lowest BCUT2D eigenvalue weighted by atomic mass is 10.1. The van der Waals surface area contributed by atoms with Gasteiger partial charge in [-0.2, -0.15) is 0 Å². The molecule has 0 radical (unpaired) electrons. The Morgan fingerprint density at radius 2 is 2.33 bits per heavy atom. The minimum Gasteiger partial charge on any atom is -0.376 e. The number of carbonyl (C=O) groups excluding carboxylic acids is 1. The van der Waals surface area contributed by atoms with E-state index in [9.17, 15) is 9.18 Å². The predicted molar refractivity (Wildman–Crippen MR) is 78.0 cm³/mol. The fraction of sp³-hybridized carbons (Fsp3) is 0.333. The van der Waals surface area contributed by atoms with Gasteiger partial charge in [0.15, 0.2) is 0 Å². The van der Waals surface area contributed by atoms with Crippen LogP contribution in [0.15, 0.2) is 24.3 Å². The lowest BCUT2D eigenvalue weighted by Crippen LogP contribution is -2.32. The van der Waals surface area contributed by atoms with E-state index in [1.54, 1.807) is 12.1 Å². The Balaban J connectivity index is 1.80. The molecule has 6 heteroatoms. The van der Waals surface area contributed by atoms with Crippen molar-refractivity contribution in [3.63, 3.8) is 0 Å². The Kier molecular flexibility index (Phi) is 4.03. The van der Waals surface area contributed by atoms with Crippen LogP contribution in [0.2, 0.25) is 5.15 Å². The molecule has 1 N–H and O–H groups in total. The average molecular weight is 309 g/mol. The zero-order chi connectivity index (χ0) is 14.8. The van der Waals surface area contributed by atoms with E-state index in [-0.39, 0.29) is 28.5 Å². The number of ether oxygens (including phenoxy) is 1. The Hall–Kier alpha value is -1.72. The molecule has 0 spiro atoms. The molecule has 1 aromatic carbocycles.